The van der Waals surface area contributed by atoms with Crippen molar-refractivity contribution in [3.63, 3.8) is 0 Å². The summed E-state index contributed by atoms with van der Waals surface area (Å²) >= 11 is 0. The number of allylic oxidation sites excluding steroid dienone is 2. The third kappa shape index (κ3) is 47.6. The van der Waals surface area contributed by atoms with Crippen LogP contribution in [0.25, 0.3) is 0 Å². The molecule has 0 aliphatic carbocycles. The van der Waals surface area contributed by atoms with Crippen molar-refractivity contribution >= 4 is 19.7 Å². The lowest BCUT2D eigenvalue weighted by Crippen LogP contribution is -2.27. The SMILES string of the molecule is CCCCCCCC/C=C/CCCCCCCCCCCC(=O)NCCOP(=O)(O)OCC(O)COC(=O)CCCCCCCCCCCCCCCCCCCCC. The number of hydrogen-bond acceptors (Lipinski definition) is 7. The average Bonchev–Trinajstić information content (AvgIpc) is 3.22. The molecule has 2 unspecified atom stereocenters. The van der Waals surface area contributed by atoms with E-state index in [1.807, 2.05) is 0 Å². The van der Waals surface area contributed by atoms with Gasteiger partial charge in [0.25, 0.3) is 0 Å². The number of amides is 1. The van der Waals surface area contributed by atoms with Gasteiger partial charge in [-0.05, 0) is 38.5 Å². The number of ether oxygens (including phenoxy) is 1. The average molecular weight is 858 g/mol. The van der Waals surface area contributed by atoms with E-state index in [1.165, 1.54) is 193 Å². The molecule has 0 saturated heterocycles. The van der Waals surface area contributed by atoms with E-state index in [0.29, 0.717) is 6.42 Å². The number of esters is 1. The number of aliphatic hydroxyl groups excluding tert-OH is 1. The van der Waals surface area contributed by atoms with Crippen LogP contribution >= 0.6 is 7.82 Å². The van der Waals surface area contributed by atoms with E-state index in [2.05, 4.69) is 31.3 Å². The van der Waals surface area contributed by atoms with Crippen LogP contribution in [0.2, 0.25) is 0 Å². The van der Waals surface area contributed by atoms with Crippen molar-refractivity contribution < 1.29 is 37.9 Å². The maximum absolute atomic E-state index is 12.1. The van der Waals surface area contributed by atoms with Crippen LogP contribution in [0.1, 0.15) is 258 Å². The summed E-state index contributed by atoms with van der Waals surface area (Å²) in [5.74, 6) is -0.505. The molecule has 0 aliphatic rings. The van der Waals surface area contributed by atoms with Gasteiger partial charge < -0.3 is 20.1 Å². The van der Waals surface area contributed by atoms with E-state index in [0.717, 1.165) is 38.5 Å². The zero-order valence-electron chi connectivity index (χ0n) is 38.7. The number of carbonyl (C=O) groups is 2. The number of unbranched alkanes of at least 4 members (excludes halogenated alkanes) is 33. The maximum atomic E-state index is 12.1. The van der Waals surface area contributed by atoms with Crippen LogP contribution in [-0.4, -0.2) is 54.3 Å². The Morgan fingerprint density at radius 3 is 1.27 bits per heavy atom. The minimum absolute atomic E-state index is 0.0846. The highest BCUT2D eigenvalue weighted by Gasteiger charge is 2.23. The third-order valence-electron chi connectivity index (χ3n) is 11.2. The standard InChI is InChI=1S/C49H96NO8P/c1-3-5-7-9-11-13-15-17-19-21-23-25-27-29-31-33-35-37-39-41-48(52)50-43-44-57-59(54,55)58-46-47(51)45-56-49(53)42-40-38-36-34-32-30-28-26-24-22-20-18-16-14-12-10-8-6-4-2/h17,19,47,51H,3-16,18,20-46H2,1-2H3,(H,50,52)(H,54,55)/b19-17+. The Hall–Kier alpha value is -1.25. The van der Waals surface area contributed by atoms with Gasteiger partial charge >= 0.3 is 13.8 Å². The number of phosphoric acid groups is 1. The molecule has 0 radical (unpaired) electrons. The Bertz CT molecular complexity index is 980. The molecule has 1 amide bonds. The van der Waals surface area contributed by atoms with Crippen molar-refractivity contribution in [1.29, 1.82) is 0 Å². The van der Waals surface area contributed by atoms with Gasteiger partial charge in [0.2, 0.25) is 5.91 Å². The molecule has 0 aliphatic heterocycles. The normalized spacial score (nSPS) is 13.2. The number of carbonyl (C=O) groups excluding carboxylic acids is 2. The number of hydrogen-bond donors (Lipinski definition) is 3. The lowest BCUT2D eigenvalue weighted by atomic mass is 10.0. The van der Waals surface area contributed by atoms with E-state index < -0.39 is 26.5 Å². The van der Waals surface area contributed by atoms with E-state index in [1.54, 1.807) is 0 Å². The summed E-state index contributed by atoms with van der Waals surface area (Å²) in [6.45, 7) is 3.60. The summed E-state index contributed by atoms with van der Waals surface area (Å²) < 4.78 is 27.0. The Kier molecular flexibility index (Phi) is 45.3. The first-order chi connectivity index (χ1) is 28.8. The highest BCUT2D eigenvalue weighted by atomic mass is 31.2. The molecule has 59 heavy (non-hydrogen) atoms. The summed E-state index contributed by atoms with van der Waals surface area (Å²) in [7, 11) is -4.42. The number of rotatable bonds is 48. The van der Waals surface area contributed by atoms with Gasteiger partial charge in [-0.25, -0.2) is 4.57 Å². The van der Waals surface area contributed by atoms with Crippen LogP contribution < -0.4 is 5.32 Å². The molecule has 10 heteroatoms. The van der Waals surface area contributed by atoms with E-state index >= 15 is 0 Å². The molecule has 0 aromatic carbocycles. The van der Waals surface area contributed by atoms with E-state index in [4.69, 9.17) is 13.8 Å². The molecule has 0 rings (SSSR count). The van der Waals surface area contributed by atoms with Crippen molar-refractivity contribution in [1.82, 2.24) is 5.32 Å². The maximum Gasteiger partial charge on any atom is 0.472 e. The van der Waals surface area contributed by atoms with Gasteiger partial charge in [-0.3, -0.25) is 18.6 Å². The molecule has 0 spiro atoms. The fourth-order valence-corrected chi connectivity index (χ4v) is 8.13. The lowest BCUT2D eigenvalue weighted by Gasteiger charge is -2.15. The van der Waals surface area contributed by atoms with Gasteiger partial charge in [-0.1, -0.05) is 219 Å². The molecule has 3 N–H and O–H groups in total. The van der Waals surface area contributed by atoms with Gasteiger partial charge in [0.15, 0.2) is 0 Å². The molecule has 2 atom stereocenters. The molecule has 9 nitrogen and oxygen atoms in total. The second-order valence-corrected chi connectivity index (χ2v) is 18.6. The molecule has 0 fully saturated rings. The van der Waals surface area contributed by atoms with E-state index in [-0.39, 0.29) is 32.1 Å². The van der Waals surface area contributed by atoms with Crippen LogP contribution in [0.5, 0.6) is 0 Å². The summed E-state index contributed by atoms with van der Waals surface area (Å²) in [6.07, 6.45) is 50.0. The van der Waals surface area contributed by atoms with Gasteiger partial charge in [0.1, 0.15) is 12.7 Å². The second kappa shape index (κ2) is 46.3. The monoisotopic (exact) mass is 858 g/mol. The van der Waals surface area contributed by atoms with Crippen LogP contribution in [0.15, 0.2) is 12.2 Å². The minimum Gasteiger partial charge on any atom is -0.463 e. The first-order valence-corrected chi connectivity index (χ1v) is 26.7. The second-order valence-electron chi connectivity index (χ2n) is 17.1. The summed E-state index contributed by atoms with van der Waals surface area (Å²) in [6, 6.07) is 0. The molecule has 0 saturated carbocycles. The Morgan fingerprint density at radius 2 is 0.864 bits per heavy atom. The predicted molar refractivity (Wildman–Crippen MR) is 248 cm³/mol. The number of nitrogens with one attached hydrogen (secondary N) is 1. The predicted octanol–water partition coefficient (Wildman–Crippen LogP) is 14.6. The highest BCUT2D eigenvalue weighted by molar-refractivity contribution is 7.47. The van der Waals surface area contributed by atoms with Gasteiger partial charge in [-0.2, -0.15) is 0 Å². The van der Waals surface area contributed by atoms with Crippen molar-refractivity contribution in [3.8, 4) is 0 Å². The largest absolute Gasteiger partial charge is 0.472 e. The number of aliphatic hydroxyl groups is 1. The highest BCUT2D eigenvalue weighted by Crippen LogP contribution is 2.42. The zero-order valence-corrected chi connectivity index (χ0v) is 39.6. The Morgan fingerprint density at radius 1 is 0.508 bits per heavy atom. The summed E-state index contributed by atoms with van der Waals surface area (Å²) in [5.41, 5.74) is 0. The van der Waals surface area contributed by atoms with Gasteiger partial charge in [0, 0.05) is 19.4 Å². The third-order valence-corrected chi connectivity index (χ3v) is 12.2. The van der Waals surface area contributed by atoms with E-state index in [9.17, 15) is 24.2 Å². The molecule has 0 bridgehead atoms. The smallest absolute Gasteiger partial charge is 0.463 e. The summed E-state index contributed by atoms with van der Waals surface area (Å²) in [4.78, 5) is 34.0. The topological polar surface area (TPSA) is 131 Å². The molecule has 350 valence electrons. The first kappa shape index (κ1) is 57.8. The Balaban J connectivity index is 3.53. The lowest BCUT2D eigenvalue weighted by molar-refractivity contribution is -0.147. The van der Waals surface area contributed by atoms with Gasteiger partial charge in [0.05, 0.1) is 13.2 Å². The minimum atomic E-state index is -4.42. The number of phosphoric ester groups is 1. The van der Waals surface area contributed by atoms with Crippen LogP contribution in [0.4, 0.5) is 0 Å². The molecular formula is C49H96NO8P. The fraction of sp³-hybridized carbons (Fsp3) is 0.918. The summed E-state index contributed by atoms with van der Waals surface area (Å²) in [5, 5.41) is 12.7. The Labute approximate surface area is 364 Å². The van der Waals surface area contributed by atoms with Crippen molar-refractivity contribution in [3.05, 3.63) is 12.2 Å². The fourth-order valence-electron chi connectivity index (χ4n) is 7.38. The van der Waals surface area contributed by atoms with Crippen molar-refractivity contribution in [2.24, 2.45) is 0 Å². The van der Waals surface area contributed by atoms with Gasteiger partial charge in [-0.15, -0.1) is 0 Å². The van der Waals surface area contributed by atoms with Crippen LogP contribution in [0, 0.1) is 0 Å². The van der Waals surface area contributed by atoms with Crippen LogP contribution in [0.3, 0.4) is 0 Å². The molecule has 0 heterocycles. The zero-order chi connectivity index (χ0) is 43.2. The quantitative estimate of drug-likeness (QED) is 0.0239. The first-order valence-electron chi connectivity index (χ1n) is 25.2. The molecular weight excluding hydrogens is 762 g/mol. The molecule has 0 aromatic rings. The van der Waals surface area contributed by atoms with Crippen LogP contribution in [-0.2, 0) is 27.9 Å². The molecule has 0 aromatic heterocycles. The van der Waals surface area contributed by atoms with Crippen molar-refractivity contribution in [2.45, 2.75) is 264 Å². The van der Waals surface area contributed by atoms with Crippen molar-refractivity contribution in [2.75, 3.05) is 26.4 Å².